The predicted molar refractivity (Wildman–Crippen MR) is 79.9 cm³/mol. The molecule has 0 unspecified atom stereocenters. The molecule has 20 heavy (non-hydrogen) atoms. The summed E-state index contributed by atoms with van der Waals surface area (Å²) in [4.78, 5) is 8.58. The number of hydrogen-bond donors (Lipinski definition) is 0. The molecule has 3 rings (SSSR count). The molecule has 0 aliphatic rings. The topological polar surface area (TPSA) is 38.9 Å². The summed E-state index contributed by atoms with van der Waals surface area (Å²) < 4.78 is 5.36. The van der Waals surface area contributed by atoms with Crippen molar-refractivity contribution in [1.29, 1.82) is 0 Å². The second kappa shape index (κ2) is 5.27. The van der Waals surface area contributed by atoms with E-state index in [0.717, 1.165) is 11.1 Å². The molecular weight excluding hydrogens is 295 g/mol. The van der Waals surface area contributed by atoms with Gasteiger partial charge in [-0.3, -0.25) is 0 Å². The molecule has 2 heterocycles. The third kappa shape index (κ3) is 2.30. The normalized spacial score (nSPS) is 10.8. The minimum Gasteiger partial charge on any atom is -0.461 e. The van der Waals surface area contributed by atoms with Crippen LogP contribution >= 0.6 is 23.2 Å². The van der Waals surface area contributed by atoms with Gasteiger partial charge in [0.15, 0.2) is 11.6 Å². The standard InChI is InChI=1S/C15H10Cl2N2O/c1-9-7-8-20-12(9)15-18-13(16)11(14(17)19-15)10-5-3-2-4-6-10/h2-8H,1H3. The number of aryl methyl sites for hydroxylation is 1. The fourth-order valence-corrected chi connectivity index (χ4v) is 2.56. The van der Waals surface area contributed by atoms with Crippen molar-refractivity contribution < 1.29 is 4.42 Å². The van der Waals surface area contributed by atoms with Gasteiger partial charge < -0.3 is 4.42 Å². The van der Waals surface area contributed by atoms with E-state index in [1.54, 1.807) is 6.26 Å². The molecule has 100 valence electrons. The van der Waals surface area contributed by atoms with Gasteiger partial charge in [0.2, 0.25) is 0 Å². The van der Waals surface area contributed by atoms with Crippen molar-refractivity contribution in [1.82, 2.24) is 9.97 Å². The van der Waals surface area contributed by atoms with Crippen molar-refractivity contribution in [2.75, 3.05) is 0 Å². The van der Waals surface area contributed by atoms with E-state index in [4.69, 9.17) is 27.6 Å². The first-order chi connectivity index (χ1) is 9.66. The number of halogens is 2. The molecule has 0 saturated heterocycles. The molecule has 0 aliphatic heterocycles. The average molecular weight is 305 g/mol. The van der Waals surface area contributed by atoms with Gasteiger partial charge in [0, 0.05) is 0 Å². The highest BCUT2D eigenvalue weighted by Gasteiger charge is 2.17. The van der Waals surface area contributed by atoms with Crippen molar-refractivity contribution in [3.63, 3.8) is 0 Å². The number of rotatable bonds is 2. The molecule has 3 aromatic rings. The molecule has 0 atom stereocenters. The van der Waals surface area contributed by atoms with Crippen LogP contribution in [0.25, 0.3) is 22.7 Å². The lowest BCUT2D eigenvalue weighted by Crippen LogP contribution is -1.94. The van der Waals surface area contributed by atoms with Gasteiger partial charge in [-0.2, -0.15) is 0 Å². The van der Waals surface area contributed by atoms with Crippen LogP contribution in [0.3, 0.4) is 0 Å². The number of hydrogen-bond acceptors (Lipinski definition) is 3. The molecule has 2 aromatic heterocycles. The summed E-state index contributed by atoms with van der Waals surface area (Å²) >= 11 is 12.5. The highest BCUT2D eigenvalue weighted by molar-refractivity contribution is 6.37. The molecule has 0 aliphatic carbocycles. The van der Waals surface area contributed by atoms with Crippen molar-refractivity contribution in [3.8, 4) is 22.7 Å². The van der Waals surface area contributed by atoms with Crippen molar-refractivity contribution in [2.45, 2.75) is 6.92 Å². The summed E-state index contributed by atoms with van der Waals surface area (Å²) in [7, 11) is 0. The van der Waals surface area contributed by atoms with Crippen LogP contribution in [-0.2, 0) is 0 Å². The molecule has 0 bridgehead atoms. The fourth-order valence-electron chi connectivity index (χ4n) is 1.95. The number of nitrogens with zero attached hydrogens (tertiary/aromatic N) is 2. The molecule has 5 heteroatoms. The summed E-state index contributed by atoms with van der Waals surface area (Å²) in [6.45, 7) is 1.91. The highest BCUT2D eigenvalue weighted by atomic mass is 35.5. The maximum atomic E-state index is 6.26. The van der Waals surface area contributed by atoms with Crippen LogP contribution in [0.4, 0.5) is 0 Å². The van der Waals surface area contributed by atoms with E-state index in [1.807, 2.05) is 43.3 Å². The molecular formula is C15H10Cl2N2O. The van der Waals surface area contributed by atoms with Crippen LogP contribution in [0.5, 0.6) is 0 Å². The number of benzene rings is 1. The van der Waals surface area contributed by atoms with Gasteiger partial charge in [-0.05, 0) is 24.1 Å². The van der Waals surface area contributed by atoms with E-state index in [2.05, 4.69) is 9.97 Å². The summed E-state index contributed by atoms with van der Waals surface area (Å²) in [6.07, 6.45) is 1.58. The second-order valence-corrected chi connectivity index (χ2v) is 5.02. The Labute approximate surface area is 126 Å². The molecule has 0 fully saturated rings. The minimum absolute atomic E-state index is 0.307. The lowest BCUT2D eigenvalue weighted by Gasteiger charge is -2.07. The number of furan rings is 1. The summed E-state index contributed by atoms with van der Waals surface area (Å²) in [5.74, 6) is 0.968. The van der Waals surface area contributed by atoms with Gasteiger partial charge in [-0.15, -0.1) is 0 Å². The third-order valence-corrected chi connectivity index (χ3v) is 3.50. The van der Waals surface area contributed by atoms with E-state index >= 15 is 0 Å². The Bertz CT molecular complexity index is 731. The van der Waals surface area contributed by atoms with Gasteiger partial charge in [0.1, 0.15) is 10.3 Å². The summed E-state index contributed by atoms with van der Waals surface area (Å²) in [5, 5.41) is 0.615. The van der Waals surface area contributed by atoms with Gasteiger partial charge >= 0.3 is 0 Å². The first kappa shape index (κ1) is 13.2. The van der Waals surface area contributed by atoms with Crippen LogP contribution in [0, 0.1) is 6.92 Å². The zero-order valence-electron chi connectivity index (χ0n) is 10.6. The lowest BCUT2D eigenvalue weighted by molar-refractivity contribution is 0.575. The molecule has 3 nitrogen and oxygen atoms in total. The quantitative estimate of drug-likeness (QED) is 0.624. The molecule has 1 aromatic carbocycles. The first-order valence-corrected chi connectivity index (χ1v) is 6.75. The zero-order valence-corrected chi connectivity index (χ0v) is 12.1. The summed E-state index contributed by atoms with van der Waals surface area (Å²) in [6, 6.07) is 11.4. The number of aromatic nitrogens is 2. The lowest BCUT2D eigenvalue weighted by atomic mass is 10.1. The van der Waals surface area contributed by atoms with Crippen LogP contribution in [0.2, 0.25) is 10.3 Å². The Kier molecular flexibility index (Phi) is 3.47. The highest BCUT2D eigenvalue weighted by Crippen LogP contribution is 2.34. The van der Waals surface area contributed by atoms with E-state index in [9.17, 15) is 0 Å². The van der Waals surface area contributed by atoms with E-state index in [1.165, 1.54) is 0 Å². The molecule has 0 radical (unpaired) electrons. The first-order valence-electron chi connectivity index (χ1n) is 5.99. The molecule has 0 saturated carbocycles. The summed E-state index contributed by atoms with van der Waals surface area (Å²) in [5.41, 5.74) is 2.44. The van der Waals surface area contributed by atoms with Gasteiger partial charge in [0.25, 0.3) is 0 Å². The van der Waals surface area contributed by atoms with Crippen molar-refractivity contribution in [3.05, 3.63) is 58.5 Å². The Balaban J connectivity index is 2.15. The van der Waals surface area contributed by atoms with Crippen LogP contribution in [-0.4, -0.2) is 9.97 Å². The van der Waals surface area contributed by atoms with Crippen LogP contribution in [0.1, 0.15) is 5.56 Å². The zero-order chi connectivity index (χ0) is 14.1. The van der Waals surface area contributed by atoms with Gasteiger partial charge in [-0.1, -0.05) is 53.5 Å². The van der Waals surface area contributed by atoms with Crippen molar-refractivity contribution >= 4 is 23.2 Å². The SMILES string of the molecule is Cc1ccoc1-c1nc(Cl)c(-c2ccccc2)c(Cl)n1. The third-order valence-electron chi connectivity index (χ3n) is 2.95. The fraction of sp³-hybridized carbons (Fsp3) is 0.0667. The minimum atomic E-state index is 0.307. The van der Waals surface area contributed by atoms with Gasteiger partial charge in [-0.25, -0.2) is 9.97 Å². The van der Waals surface area contributed by atoms with E-state index in [-0.39, 0.29) is 0 Å². The average Bonchev–Trinajstić information content (AvgIpc) is 2.85. The smallest absolute Gasteiger partial charge is 0.198 e. The molecule has 0 N–H and O–H groups in total. The Morgan fingerprint density at radius 1 is 0.950 bits per heavy atom. The monoisotopic (exact) mass is 304 g/mol. The van der Waals surface area contributed by atoms with Crippen molar-refractivity contribution in [2.24, 2.45) is 0 Å². The Morgan fingerprint density at radius 2 is 1.60 bits per heavy atom. The molecule has 0 amide bonds. The second-order valence-electron chi connectivity index (χ2n) is 4.30. The van der Waals surface area contributed by atoms with E-state index in [0.29, 0.717) is 27.5 Å². The Hall–Kier alpha value is -1.84. The largest absolute Gasteiger partial charge is 0.461 e. The van der Waals surface area contributed by atoms with E-state index < -0.39 is 0 Å². The maximum absolute atomic E-state index is 6.26. The maximum Gasteiger partial charge on any atom is 0.198 e. The van der Waals surface area contributed by atoms with Crippen LogP contribution in [0.15, 0.2) is 47.1 Å². The predicted octanol–water partition coefficient (Wildman–Crippen LogP) is 5.02. The Morgan fingerprint density at radius 3 is 2.15 bits per heavy atom. The molecule has 0 spiro atoms. The van der Waals surface area contributed by atoms with Gasteiger partial charge in [0.05, 0.1) is 11.8 Å². The van der Waals surface area contributed by atoms with Crippen LogP contribution < -0.4 is 0 Å².